The molecule has 0 fully saturated rings. The van der Waals surface area contributed by atoms with Gasteiger partial charge >= 0.3 is 0 Å². The lowest BCUT2D eigenvalue weighted by atomic mass is 10.1. The van der Waals surface area contributed by atoms with Crippen molar-refractivity contribution in [3.8, 4) is 5.75 Å². The number of benzene rings is 2. The first kappa shape index (κ1) is 17.3. The van der Waals surface area contributed by atoms with Gasteiger partial charge in [-0.1, -0.05) is 6.07 Å². The van der Waals surface area contributed by atoms with E-state index in [4.69, 9.17) is 16.2 Å². The van der Waals surface area contributed by atoms with Crippen LogP contribution < -0.4 is 21.5 Å². The zero-order valence-corrected chi connectivity index (χ0v) is 12.6. The highest BCUT2D eigenvalue weighted by molar-refractivity contribution is 6.11. The number of carbonyl (C=O) groups excluding carboxylic acids is 2. The van der Waals surface area contributed by atoms with Crippen LogP contribution in [0.15, 0.2) is 42.5 Å². The minimum atomic E-state index is -0.660. The van der Waals surface area contributed by atoms with Gasteiger partial charge in [-0.15, -0.1) is 12.4 Å². The van der Waals surface area contributed by atoms with E-state index in [0.29, 0.717) is 11.3 Å². The first-order valence-corrected chi connectivity index (χ1v) is 6.16. The van der Waals surface area contributed by atoms with E-state index >= 15 is 0 Å². The van der Waals surface area contributed by atoms with Crippen molar-refractivity contribution in [2.75, 3.05) is 18.2 Å². The van der Waals surface area contributed by atoms with Gasteiger partial charge in [0.05, 0.1) is 24.0 Å². The van der Waals surface area contributed by atoms with Gasteiger partial charge < -0.3 is 21.5 Å². The van der Waals surface area contributed by atoms with E-state index in [9.17, 15) is 9.59 Å². The Hall–Kier alpha value is -2.73. The average molecular weight is 322 g/mol. The van der Waals surface area contributed by atoms with E-state index < -0.39 is 11.8 Å². The smallest absolute Gasteiger partial charge is 0.255 e. The number of primary amides is 1. The van der Waals surface area contributed by atoms with Crippen LogP contribution in [0.25, 0.3) is 0 Å². The largest absolute Gasteiger partial charge is 0.497 e. The molecular weight excluding hydrogens is 306 g/mol. The van der Waals surface area contributed by atoms with Gasteiger partial charge in [0.15, 0.2) is 0 Å². The average Bonchev–Trinajstić information content (AvgIpc) is 2.49. The molecule has 116 valence electrons. The Kier molecular flexibility index (Phi) is 5.77. The number of rotatable bonds is 4. The zero-order valence-electron chi connectivity index (χ0n) is 11.8. The number of nitrogen functional groups attached to an aromatic ring is 1. The normalized spacial score (nSPS) is 9.50. The standard InChI is InChI=1S/C15H15N3O3.ClH/c1-21-10-7-5-9(6-8-10)15(20)18-13-11(14(17)19)3-2-4-12(13)16;/h2-8H,16H2,1H3,(H2,17,19)(H,18,20);1H. The molecule has 0 heterocycles. The van der Waals surface area contributed by atoms with Gasteiger partial charge in [0.1, 0.15) is 5.75 Å². The van der Waals surface area contributed by atoms with E-state index in [1.54, 1.807) is 43.5 Å². The van der Waals surface area contributed by atoms with E-state index in [-0.39, 0.29) is 29.3 Å². The number of hydrogen-bond acceptors (Lipinski definition) is 4. The molecule has 2 aromatic rings. The van der Waals surface area contributed by atoms with Crippen molar-refractivity contribution >= 4 is 35.6 Å². The summed E-state index contributed by atoms with van der Waals surface area (Å²) in [6.07, 6.45) is 0. The molecule has 2 rings (SSSR count). The minimum Gasteiger partial charge on any atom is -0.497 e. The van der Waals surface area contributed by atoms with Gasteiger partial charge in [-0.3, -0.25) is 9.59 Å². The van der Waals surface area contributed by atoms with Crippen molar-refractivity contribution < 1.29 is 14.3 Å². The Balaban J connectivity index is 0.00000242. The van der Waals surface area contributed by atoms with Crippen molar-refractivity contribution in [2.24, 2.45) is 5.73 Å². The van der Waals surface area contributed by atoms with Gasteiger partial charge in [-0.25, -0.2) is 0 Å². The van der Waals surface area contributed by atoms with Gasteiger partial charge in [0.25, 0.3) is 11.8 Å². The quantitative estimate of drug-likeness (QED) is 0.749. The highest BCUT2D eigenvalue weighted by Crippen LogP contribution is 2.24. The third-order valence-corrected chi connectivity index (χ3v) is 2.95. The number of para-hydroxylation sites is 1. The number of amides is 2. The Labute approximate surface area is 133 Å². The van der Waals surface area contributed by atoms with Crippen LogP contribution in [0.5, 0.6) is 5.75 Å². The Morgan fingerprint density at radius 2 is 1.73 bits per heavy atom. The minimum absolute atomic E-state index is 0. The molecule has 0 spiro atoms. The molecule has 0 atom stereocenters. The highest BCUT2D eigenvalue weighted by Gasteiger charge is 2.14. The summed E-state index contributed by atoms with van der Waals surface area (Å²) >= 11 is 0. The summed E-state index contributed by atoms with van der Waals surface area (Å²) in [7, 11) is 1.54. The van der Waals surface area contributed by atoms with Crippen molar-refractivity contribution in [3.63, 3.8) is 0 Å². The Morgan fingerprint density at radius 1 is 1.09 bits per heavy atom. The fraction of sp³-hybridized carbons (Fsp3) is 0.0667. The summed E-state index contributed by atoms with van der Waals surface area (Å²) in [6, 6.07) is 11.2. The van der Waals surface area contributed by atoms with Gasteiger partial charge in [-0.05, 0) is 36.4 Å². The Morgan fingerprint density at radius 3 is 2.27 bits per heavy atom. The molecule has 5 N–H and O–H groups in total. The van der Waals surface area contributed by atoms with Crippen LogP contribution in [-0.2, 0) is 0 Å². The van der Waals surface area contributed by atoms with Crippen LogP contribution in [0.2, 0.25) is 0 Å². The van der Waals surface area contributed by atoms with Gasteiger partial charge in [-0.2, -0.15) is 0 Å². The molecule has 6 nitrogen and oxygen atoms in total. The maximum atomic E-state index is 12.2. The molecule has 0 bridgehead atoms. The van der Waals surface area contributed by atoms with Crippen LogP contribution in [0.3, 0.4) is 0 Å². The van der Waals surface area contributed by atoms with Crippen LogP contribution >= 0.6 is 12.4 Å². The lowest BCUT2D eigenvalue weighted by molar-refractivity contribution is 0.100. The van der Waals surface area contributed by atoms with Crippen LogP contribution in [0, 0.1) is 0 Å². The fourth-order valence-electron chi connectivity index (χ4n) is 1.84. The number of carbonyl (C=O) groups is 2. The summed E-state index contributed by atoms with van der Waals surface area (Å²) in [4.78, 5) is 23.6. The van der Waals surface area contributed by atoms with Crippen molar-refractivity contribution in [1.29, 1.82) is 0 Å². The number of nitrogens with one attached hydrogen (secondary N) is 1. The van der Waals surface area contributed by atoms with Crippen LogP contribution in [-0.4, -0.2) is 18.9 Å². The predicted molar refractivity (Wildman–Crippen MR) is 87.6 cm³/mol. The fourth-order valence-corrected chi connectivity index (χ4v) is 1.84. The maximum absolute atomic E-state index is 12.2. The molecule has 22 heavy (non-hydrogen) atoms. The number of halogens is 1. The molecule has 0 radical (unpaired) electrons. The second-order valence-corrected chi connectivity index (χ2v) is 4.32. The lowest BCUT2D eigenvalue weighted by Gasteiger charge is -2.12. The lowest BCUT2D eigenvalue weighted by Crippen LogP contribution is -2.19. The number of methoxy groups -OCH3 is 1. The van der Waals surface area contributed by atoms with E-state index in [1.807, 2.05) is 0 Å². The summed E-state index contributed by atoms with van der Waals surface area (Å²) in [5.74, 6) is -0.408. The maximum Gasteiger partial charge on any atom is 0.255 e. The molecule has 0 aliphatic carbocycles. The number of anilines is 2. The van der Waals surface area contributed by atoms with E-state index in [1.165, 1.54) is 6.07 Å². The summed E-state index contributed by atoms with van der Waals surface area (Å²) < 4.78 is 5.02. The van der Waals surface area contributed by atoms with Crippen molar-refractivity contribution in [1.82, 2.24) is 0 Å². The Bertz CT molecular complexity index is 687. The SMILES string of the molecule is COc1ccc(C(=O)Nc2c(N)cccc2C(N)=O)cc1.Cl. The molecule has 0 saturated heterocycles. The second kappa shape index (κ2) is 7.33. The van der Waals surface area contributed by atoms with Gasteiger partial charge in [0, 0.05) is 5.56 Å². The third kappa shape index (κ3) is 3.67. The van der Waals surface area contributed by atoms with E-state index in [2.05, 4.69) is 5.32 Å². The first-order chi connectivity index (χ1) is 10.0. The molecule has 0 unspecified atom stereocenters. The molecule has 7 heteroatoms. The highest BCUT2D eigenvalue weighted by atomic mass is 35.5. The third-order valence-electron chi connectivity index (χ3n) is 2.95. The number of nitrogens with two attached hydrogens (primary N) is 2. The summed E-state index contributed by atoms with van der Waals surface area (Å²) in [5.41, 5.74) is 12.1. The van der Waals surface area contributed by atoms with Crippen LogP contribution in [0.1, 0.15) is 20.7 Å². The second-order valence-electron chi connectivity index (χ2n) is 4.32. The predicted octanol–water partition coefficient (Wildman–Crippen LogP) is 2.05. The monoisotopic (exact) mass is 321 g/mol. The molecule has 2 amide bonds. The zero-order chi connectivity index (χ0) is 15.4. The number of hydrogen-bond donors (Lipinski definition) is 3. The molecule has 2 aromatic carbocycles. The molecule has 0 aliphatic heterocycles. The van der Waals surface area contributed by atoms with E-state index in [0.717, 1.165) is 0 Å². The number of ether oxygens (including phenoxy) is 1. The summed E-state index contributed by atoms with van der Waals surface area (Å²) in [6.45, 7) is 0. The van der Waals surface area contributed by atoms with Crippen molar-refractivity contribution in [3.05, 3.63) is 53.6 Å². The molecule has 0 saturated carbocycles. The van der Waals surface area contributed by atoms with Crippen LogP contribution in [0.4, 0.5) is 11.4 Å². The summed E-state index contributed by atoms with van der Waals surface area (Å²) in [5, 5.41) is 2.61. The molecule has 0 aliphatic rings. The first-order valence-electron chi connectivity index (χ1n) is 6.16. The topological polar surface area (TPSA) is 107 Å². The van der Waals surface area contributed by atoms with Gasteiger partial charge in [0.2, 0.25) is 0 Å². The molecule has 0 aromatic heterocycles. The molecular formula is C15H16ClN3O3. The van der Waals surface area contributed by atoms with Crippen molar-refractivity contribution in [2.45, 2.75) is 0 Å².